The monoisotopic (exact) mass is 304 g/mol. The molecule has 106 valence electrons. The fraction of sp³-hybridized carbons (Fsp3) is 0.500. The van der Waals surface area contributed by atoms with Gasteiger partial charge in [0, 0.05) is 32.4 Å². The maximum absolute atomic E-state index is 11.7. The van der Waals surface area contributed by atoms with Gasteiger partial charge in [0.2, 0.25) is 0 Å². The van der Waals surface area contributed by atoms with Gasteiger partial charge < -0.3 is 15.5 Å². The molecule has 0 aliphatic rings. The lowest BCUT2D eigenvalue weighted by molar-refractivity contribution is 0.204. The molecule has 19 heavy (non-hydrogen) atoms. The summed E-state index contributed by atoms with van der Waals surface area (Å²) in [4.78, 5) is 17.4. The normalized spacial score (nSPS) is 10.1. The summed E-state index contributed by atoms with van der Waals surface area (Å²) in [5.74, 6) is 0.558. The van der Waals surface area contributed by atoms with E-state index in [1.54, 1.807) is 11.0 Å². The van der Waals surface area contributed by atoms with Crippen molar-refractivity contribution in [2.75, 3.05) is 31.5 Å². The zero-order valence-corrected chi connectivity index (χ0v) is 12.6. The average Bonchev–Trinajstić information content (AvgIpc) is 2.38. The zero-order valence-electron chi connectivity index (χ0n) is 11.0. The first kappa shape index (κ1) is 15.9. The van der Waals surface area contributed by atoms with E-state index in [2.05, 4.69) is 15.6 Å². The highest BCUT2D eigenvalue weighted by Gasteiger charge is 2.07. The third-order valence-electron chi connectivity index (χ3n) is 2.55. The molecule has 0 saturated carbocycles. The van der Waals surface area contributed by atoms with Crippen LogP contribution in [-0.4, -0.2) is 42.1 Å². The number of rotatable bonds is 6. The van der Waals surface area contributed by atoms with Crippen LogP contribution in [0.4, 0.5) is 10.6 Å². The molecule has 0 aliphatic heterocycles. The summed E-state index contributed by atoms with van der Waals surface area (Å²) in [6, 6.07) is 1.55. The summed E-state index contributed by atoms with van der Waals surface area (Å²) in [5.41, 5.74) is 0. The van der Waals surface area contributed by atoms with E-state index in [-0.39, 0.29) is 6.03 Å². The SMILES string of the molecule is CCN(CC)C(=O)NCCNc1ncc(Cl)cc1Cl. The first-order valence-electron chi connectivity index (χ1n) is 6.16. The van der Waals surface area contributed by atoms with Gasteiger partial charge >= 0.3 is 6.03 Å². The van der Waals surface area contributed by atoms with Crippen LogP contribution in [0.15, 0.2) is 12.3 Å². The van der Waals surface area contributed by atoms with Gasteiger partial charge in [-0.15, -0.1) is 0 Å². The highest BCUT2D eigenvalue weighted by Crippen LogP contribution is 2.21. The standard InChI is InChI=1S/C12H18Cl2N4O/c1-3-18(4-2)12(19)16-6-5-15-11-10(14)7-9(13)8-17-11/h7-8H,3-6H2,1-2H3,(H,15,17)(H,16,19). The van der Waals surface area contributed by atoms with Crippen LogP contribution >= 0.6 is 23.2 Å². The minimum Gasteiger partial charge on any atom is -0.367 e. The molecule has 0 saturated heterocycles. The molecule has 0 fully saturated rings. The number of aromatic nitrogens is 1. The Morgan fingerprint density at radius 2 is 2.00 bits per heavy atom. The molecular formula is C12H18Cl2N4O. The van der Waals surface area contributed by atoms with Crippen molar-refractivity contribution < 1.29 is 4.79 Å². The van der Waals surface area contributed by atoms with Crippen molar-refractivity contribution in [2.24, 2.45) is 0 Å². The molecule has 0 radical (unpaired) electrons. The Labute approximate surface area is 123 Å². The molecule has 5 nitrogen and oxygen atoms in total. The van der Waals surface area contributed by atoms with Crippen LogP contribution < -0.4 is 10.6 Å². The Bertz CT molecular complexity index is 424. The summed E-state index contributed by atoms with van der Waals surface area (Å²) in [6.07, 6.45) is 1.52. The quantitative estimate of drug-likeness (QED) is 0.795. The summed E-state index contributed by atoms with van der Waals surface area (Å²) < 4.78 is 0. The van der Waals surface area contributed by atoms with Gasteiger partial charge in [-0.1, -0.05) is 23.2 Å². The molecule has 1 aromatic rings. The molecule has 1 heterocycles. The van der Waals surface area contributed by atoms with E-state index < -0.39 is 0 Å². The van der Waals surface area contributed by atoms with Crippen LogP contribution in [-0.2, 0) is 0 Å². The number of amides is 2. The molecule has 0 spiro atoms. The fourth-order valence-electron chi connectivity index (χ4n) is 1.52. The maximum atomic E-state index is 11.7. The van der Waals surface area contributed by atoms with Crippen LogP contribution in [0.2, 0.25) is 10.0 Å². The molecule has 2 N–H and O–H groups in total. The van der Waals surface area contributed by atoms with Gasteiger partial charge in [-0.05, 0) is 19.9 Å². The molecule has 1 aromatic heterocycles. The van der Waals surface area contributed by atoms with Gasteiger partial charge in [0.15, 0.2) is 0 Å². The van der Waals surface area contributed by atoms with Gasteiger partial charge in [-0.3, -0.25) is 0 Å². The number of halogens is 2. The Kier molecular flexibility index (Phi) is 6.73. The van der Waals surface area contributed by atoms with Crippen molar-refractivity contribution in [1.29, 1.82) is 0 Å². The Morgan fingerprint density at radius 3 is 2.58 bits per heavy atom. The Balaban J connectivity index is 2.33. The van der Waals surface area contributed by atoms with Gasteiger partial charge in [0.1, 0.15) is 5.82 Å². The van der Waals surface area contributed by atoms with E-state index >= 15 is 0 Å². The molecule has 0 bridgehead atoms. The predicted octanol–water partition coefficient (Wildman–Crippen LogP) is 2.85. The average molecular weight is 305 g/mol. The number of nitrogens with zero attached hydrogens (tertiary/aromatic N) is 2. The van der Waals surface area contributed by atoms with Crippen LogP contribution in [0.25, 0.3) is 0 Å². The molecule has 0 aliphatic carbocycles. The second-order valence-corrected chi connectivity index (χ2v) is 4.66. The van der Waals surface area contributed by atoms with Gasteiger partial charge in [0.05, 0.1) is 10.0 Å². The van der Waals surface area contributed by atoms with E-state index in [1.165, 1.54) is 6.20 Å². The predicted molar refractivity (Wildman–Crippen MR) is 79.1 cm³/mol. The maximum Gasteiger partial charge on any atom is 0.317 e. The van der Waals surface area contributed by atoms with E-state index in [0.29, 0.717) is 42.0 Å². The summed E-state index contributed by atoms with van der Waals surface area (Å²) in [7, 11) is 0. The lowest BCUT2D eigenvalue weighted by atomic mass is 10.4. The first-order chi connectivity index (χ1) is 9.08. The number of carbonyl (C=O) groups excluding carboxylic acids is 1. The number of urea groups is 1. The smallest absolute Gasteiger partial charge is 0.317 e. The molecule has 7 heteroatoms. The fourth-order valence-corrected chi connectivity index (χ4v) is 1.96. The Morgan fingerprint density at radius 1 is 1.32 bits per heavy atom. The van der Waals surface area contributed by atoms with Gasteiger partial charge in [0.25, 0.3) is 0 Å². The first-order valence-corrected chi connectivity index (χ1v) is 6.91. The highest BCUT2D eigenvalue weighted by molar-refractivity contribution is 6.35. The molecule has 2 amide bonds. The lowest BCUT2D eigenvalue weighted by Crippen LogP contribution is -2.41. The van der Waals surface area contributed by atoms with Gasteiger partial charge in [-0.25, -0.2) is 9.78 Å². The third kappa shape index (κ3) is 5.12. The Hall–Kier alpha value is -1.20. The number of anilines is 1. The van der Waals surface area contributed by atoms with Crippen molar-refractivity contribution >= 4 is 35.1 Å². The van der Waals surface area contributed by atoms with Gasteiger partial charge in [-0.2, -0.15) is 0 Å². The van der Waals surface area contributed by atoms with Crippen LogP contribution in [0.5, 0.6) is 0 Å². The van der Waals surface area contributed by atoms with Crippen molar-refractivity contribution in [3.63, 3.8) is 0 Å². The molecule has 0 unspecified atom stereocenters. The summed E-state index contributed by atoms with van der Waals surface area (Å²) in [6.45, 7) is 6.31. The number of carbonyl (C=O) groups is 1. The summed E-state index contributed by atoms with van der Waals surface area (Å²) >= 11 is 11.7. The van der Waals surface area contributed by atoms with E-state index in [4.69, 9.17) is 23.2 Å². The van der Waals surface area contributed by atoms with Crippen LogP contribution in [0.1, 0.15) is 13.8 Å². The minimum absolute atomic E-state index is 0.0676. The molecular weight excluding hydrogens is 287 g/mol. The lowest BCUT2D eigenvalue weighted by Gasteiger charge is -2.19. The summed E-state index contributed by atoms with van der Waals surface area (Å²) in [5, 5.41) is 6.80. The van der Waals surface area contributed by atoms with E-state index in [9.17, 15) is 4.79 Å². The topological polar surface area (TPSA) is 57.3 Å². The molecule has 0 atom stereocenters. The molecule has 1 rings (SSSR count). The second kappa shape index (κ2) is 8.07. The highest BCUT2D eigenvalue weighted by atomic mass is 35.5. The van der Waals surface area contributed by atoms with Crippen molar-refractivity contribution in [2.45, 2.75) is 13.8 Å². The third-order valence-corrected chi connectivity index (χ3v) is 3.05. The van der Waals surface area contributed by atoms with Crippen LogP contribution in [0, 0.1) is 0 Å². The largest absolute Gasteiger partial charge is 0.367 e. The number of nitrogens with one attached hydrogen (secondary N) is 2. The van der Waals surface area contributed by atoms with Crippen molar-refractivity contribution in [1.82, 2.24) is 15.2 Å². The van der Waals surface area contributed by atoms with Crippen molar-refractivity contribution in [3.8, 4) is 0 Å². The number of pyridine rings is 1. The zero-order chi connectivity index (χ0) is 14.3. The van der Waals surface area contributed by atoms with E-state index in [1.807, 2.05) is 13.8 Å². The van der Waals surface area contributed by atoms with E-state index in [0.717, 1.165) is 0 Å². The number of hydrogen-bond donors (Lipinski definition) is 2. The molecule has 0 aromatic carbocycles. The van der Waals surface area contributed by atoms with Crippen LogP contribution in [0.3, 0.4) is 0 Å². The second-order valence-electron chi connectivity index (χ2n) is 3.81. The van der Waals surface area contributed by atoms with Crippen molar-refractivity contribution in [3.05, 3.63) is 22.3 Å². The number of hydrogen-bond acceptors (Lipinski definition) is 3. The minimum atomic E-state index is -0.0676.